The van der Waals surface area contributed by atoms with E-state index in [0.717, 1.165) is 32.6 Å². The number of nitrogens with zero attached hydrogens (tertiary/aromatic N) is 2. The van der Waals surface area contributed by atoms with Crippen molar-refractivity contribution in [2.45, 2.75) is 17.7 Å². The van der Waals surface area contributed by atoms with Gasteiger partial charge in [-0.05, 0) is 36.4 Å². The van der Waals surface area contributed by atoms with Gasteiger partial charge in [0, 0.05) is 52.9 Å². The zero-order valence-corrected chi connectivity index (χ0v) is 16.8. The molecule has 0 saturated heterocycles. The summed E-state index contributed by atoms with van der Waals surface area (Å²) in [6, 6.07) is 15.5. The van der Waals surface area contributed by atoms with Crippen LogP contribution in [0.25, 0.3) is 10.6 Å². The first-order valence-corrected chi connectivity index (χ1v) is 10.9. The second-order valence-corrected chi connectivity index (χ2v) is 8.36. The maximum absolute atomic E-state index is 12.6. The Kier molecular flexibility index (Phi) is 5.73. The highest BCUT2D eigenvalue weighted by Gasteiger charge is 2.22. The van der Waals surface area contributed by atoms with Crippen LogP contribution in [0.1, 0.15) is 12.8 Å². The second kappa shape index (κ2) is 8.58. The minimum atomic E-state index is -0.157. The number of amides is 2. The Labute approximate surface area is 171 Å². The van der Waals surface area contributed by atoms with E-state index in [2.05, 4.69) is 10.3 Å². The number of benzene rings is 2. The lowest BCUT2D eigenvalue weighted by molar-refractivity contribution is -0.122. The topological polar surface area (TPSA) is 62.3 Å². The Bertz CT molecular complexity index is 972. The zero-order valence-electron chi connectivity index (χ0n) is 15.1. The van der Waals surface area contributed by atoms with Crippen molar-refractivity contribution >= 4 is 46.3 Å². The van der Waals surface area contributed by atoms with Crippen LogP contribution in [0.5, 0.6) is 0 Å². The summed E-state index contributed by atoms with van der Waals surface area (Å²) >= 11 is 3.33. The van der Waals surface area contributed by atoms with Gasteiger partial charge in [0.05, 0.1) is 5.69 Å². The highest BCUT2D eigenvalue weighted by Crippen LogP contribution is 2.34. The van der Waals surface area contributed by atoms with Gasteiger partial charge in [-0.15, -0.1) is 23.1 Å². The number of fused-ring (bicyclic) bond motifs is 1. The molecular formula is C21H19N3O2S2. The van der Waals surface area contributed by atoms with E-state index in [0.29, 0.717) is 6.54 Å². The summed E-state index contributed by atoms with van der Waals surface area (Å²) in [5.74, 6) is 0.706. The molecule has 0 aliphatic carbocycles. The average molecular weight is 410 g/mol. The minimum Gasteiger partial charge on any atom is -0.326 e. The van der Waals surface area contributed by atoms with Gasteiger partial charge in [-0.2, -0.15) is 0 Å². The van der Waals surface area contributed by atoms with Gasteiger partial charge in [0.25, 0.3) is 0 Å². The number of rotatable bonds is 5. The van der Waals surface area contributed by atoms with Crippen molar-refractivity contribution in [1.29, 1.82) is 0 Å². The van der Waals surface area contributed by atoms with E-state index in [-0.39, 0.29) is 24.7 Å². The Morgan fingerprint density at radius 1 is 1.07 bits per heavy atom. The molecule has 4 rings (SSSR count). The summed E-state index contributed by atoms with van der Waals surface area (Å²) in [6.07, 6.45) is 2.13. The maximum atomic E-state index is 12.6. The molecule has 7 heteroatoms. The van der Waals surface area contributed by atoms with Crippen LogP contribution in [0.3, 0.4) is 0 Å². The lowest BCUT2D eigenvalue weighted by Crippen LogP contribution is -2.35. The van der Waals surface area contributed by atoms with Gasteiger partial charge in [-0.3, -0.25) is 9.59 Å². The molecule has 0 unspecified atom stereocenters. The fourth-order valence-corrected chi connectivity index (χ4v) is 4.71. The van der Waals surface area contributed by atoms with Crippen molar-refractivity contribution in [3.8, 4) is 10.6 Å². The molecular weight excluding hydrogens is 390 g/mol. The second-order valence-electron chi connectivity index (χ2n) is 6.32. The van der Waals surface area contributed by atoms with E-state index < -0.39 is 0 Å². The van der Waals surface area contributed by atoms with Crippen molar-refractivity contribution in [2.75, 3.05) is 22.5 Å². The molecule has 28 heavy (non-hydrogen) atoms. The van der Waals surface area contributed by atoms with E-state index >= 15 is 0 Å². The van der Waals surface area contributed by atoms with Crippen molar-refractivity contribution < 1.29 is 9.59 Å². The third-order valence-corrected chi connectivity index (χ3v) is 6.31. The van der Waals surface area contributed by atoms with Crippen LogP contribution in [0.4, 0.5) is 11.4 Å². The number of thiazole rings is 1. The first kappa shape index (κ1) is 18.7. The number of nitrogens with one attached hydrogen (secondary N) is 1. The van der Waals surface area contributed by atoms with Crippen LogP contribution in [-0.4, -0.2) is 29.1 Å². The first-order valence-electron chi connectivity index (χ1n) is 9.03. The number of carbonyl (C=O) groups excluding carboxylic acids is 2. The normalized spacial score (nSPS) is 13.1. The number of carbonyl (C=O) groups is 2. The molecule has 0 fully saturated rings. The zero-order chi connectivity index (χ0) is 19.3. The largest absolute Gasteiger partial charge is 0.326 e. The molecule has 0 atom stereocenters. The highest BCUT2D eigenvalue weighted by molar-refractivity contribution is 7.99. The maximum Gasteiger partial charge on any atom is 0.227 e. The van der Waals surface area contributed by atoms with Crippen molar-refractivity contribution in [3.05, 3.63) is 60.1 Å². The van der Waals surface area contributed by atoms with Crippen molar-refractivity contribution in [2.24, 2.45) is 0 Å². The Hall–Kier alpha value is -2.64. The molecule has 0 radical (unpaired) electrons. The van der Waals surface area contributed by atoms with Gasteiger partial charge in [0.15, 0.2) is 0 Å². The van der Waals surface area contributed by atoms with Gasteiger partial charge in [-0.1, -0.05) is 12.1 Å². The summed E-state index contributed by atoms with van der Waals surface area (Å²) in [5.41, 5.74) is 2.68. The van der Waals surface area contributed by atoms with Crippen LogP contribution in [-0.2, 0) is 9.59 Å². The Morgan fingerprint density at radius 2 is 1.89 bits per heavy atom. The van der Waals surface area contributed by atoms with Gasteiger partial charge in [0.1, 0.15) is 5.01 Å². The SMILES string of the molecule is O=C(CCC(=O)N1CCSc2ccccc21)Nc1ccc(-c2nccs2)cc1. The van der Waals surface area contributed by atoms with E-state index in [1.54, 1.807) is 34.2 Å². The molecule has 1 N–H and O–H groups in total. The molecule has 5 nitrogen and oxygen atoms in total. The molecule has 142 valence electrons. The summed E-state index contributed by atoms with van der Waals surface area (Å²) in [4.78, 5) is 32.1. The van der Waals surface area contributed by atoms with E-state index in [9.17, 15) is 9.59 Å². The third-order valence-electron chi connectivity index (χ3n) is 4.44. The molecule has 0 bridgehead atoms. The highest BCUT2D eigenvalue weighted by atomic mass is 32.2. The fraction of sp³-hybridized carbons (Fsp3) is 0.190. The van der Waals surface area contributed by atoms with E-state index in [4.69, 9.17) is 0 Å². The summed E-state index contributed by atoms with van der Waals surface area (Å²) in [7, 11) is 0. The van der Waals surface area contributed by atoms with Crippen LogP contribution >= 0.6 is 23.1 Å². The predicted molar refractivity (Wildman–Crippen MR) is 115 cm³/mol. The molecule has 3 aromatic rings. The number of aromatic nitrogens is 1. The monoisotopic (exact) mass is 409 g/mol. The van der Waals surface area contributed by atoms with Gasteiger partial charge >= 0.3 is 0 Å². The molecule has 2 heterocycles. The lowest BCUT2D eigenvalue weighted by Gasteiger charge is -2.29. The van der Waals surface area contributed by atoms with Crippen molar-refractivity contribution in [1.82, 2.24) is 4.98 Å². The predicted octanol–water partition coefficient (Wildman–Crippen LogP) is 4.67. The van der Waals surface area contributed by atoms with Crippen LogP contribution < -0.4 is 10.2 Å². The molecule has 1 aliphatic rings. The molecule has 0 saturated carbocycles. The average Bonchev–Trinajstić information content (AvgIpc) is 3.27. The molecule has 2 amide bonds. The number of anilines is 2. The van der Waals surface area contributed by atoms with E-state index in [1.807, 2.05) is 53.9 Å². The number of hydrogen-bond acceptors (Lipinski definition) is 5. The lowest BCUT2D eigenvalue weighted by atomic mass is 10.2. The first-order chi connectivity index (χ1) is 13.7. The van der Waals surface area contributed by atoms with Crippen LogP contribution in [0, 0.1) is 0 Å². The molecule has 1 aliphatic heterocycles. The molecule has 1 aromatic heterocycles. The van der Waals surface area contributed by atoms with Crippen LogP contribution in [0.15, 0.2) is 65.0 Å². The van der Waals surface area contributed by atoms with Crippen LogP contribution in [0.2, 0.25) is 0 Å². The Balaban J connectivity index is 1.32. The number of para-hydroxylation sites is 1. The third kappa shape index (κ3) is 4.26. The molecule has 2 aromatic carbocycles. The number of hydrogen-bond donors (Lipinski definition) is 1. The van der Waals surface area contributed by atoms with Gasteiger partial charge in [-0.25, -0.2) is 4.98 Å². The number of thioether (sulfide) groups is 1. The van der Waals surface area contributed by atoms with E-state index in [1.165, 1.54) is 0 Å². The fourth-order valence-electron chi connectivity index (χ4n) is 3.07. The summed E-state index contributed by atoms with van der Waals surface area (Å²) < 4.78 is 0. The quantitative estimate of drug-likeness (QED) is 0.665. The van der Waals surface area contributed by atoms with Crippen molar-refractivity contribution in [3.63, 3.8) is 0 Å². The standard InChI is InChI=1S/C21H19N3O2S2/c25-19(23-16-7-5-15(6-8-16)21-22-11-13-28-21)9-10-20(26)24-12-14-27-18-4-2-1-3-17(18)24/h1-8,11,13H,9-10,12,14H2,(H,23,25). The van der Waals surface area contributed by atoms with Gasteiger partial charge in [0.2, 0.25) is 11.8 Å². The Morgan fingerprint density at radius 3 is 2.68 bits per heavy atom. The summed E-state index contributed by atoms with van der Waals surface area (Å²) in [6.45, 7) is 0.681. The smallest absolute Gasteiger partial charge is 0.227 e. The minimum absolute atomic E-state index is 0.0120. The van der Waals surface area contributed by atoms with Gasteiger partial charge < -0.3 is 10.2 Å². The molecule has 0 spiro atoms. The summed E-state index contributed by atoms with van der Waals surface area (Å²) in [5, 5.41) is 5.74.